The SMILES string of the molecule is CC12CC3CC(C1)CC(CNCC(F)F)(C3)C2. The molecule has 0 amide bonds. The highest BCUT2D eigenvalue weighted by atomic mass is 19.3. The Morgan fingerprint density at radius 3 is 2.35 bits per heavy atom. The summed E-state index contributed by atoms with van der Waals surface area (Å²) in [4.78, 5) is 0. The molecule has 4 fully saturated rings. The Morgan fingerprint density at radius 1 is 1.18 bits per heavy atom. The molecule has 0 saturated heterocycles. The van der Waals surface area contributed by atoms with Gasteiger partial charge in [-0.3, -0.25) is 0 Å². The first kappa shape index (κ1) is 11.9. The molecule has 98 valence electrons. The predicted molar refractivity (Wildman–Crippen MR) is 64.1 cm³/mol. The van der Waals surface area contributed by atoms with Crippen molar-refractivity contribution in [1.29, 1.82) is 0 Å². The first-order chi connectivity index (χ1) is 7.99. The van der Waals surface area contributed by atoms with Crippen LogP contribution >= 0.6 is 0 Å². The molecule has 0 spiro atoms. The van der Waals surface area contributed by atoms with Gasteiger partial charge in [-0.1, -0.05) is 6.92 Å². The largest absolute Gasteiger partial charge is 0.311 e. The third-order valence-corrected chi connectivity index (χ3v) is 5.27. The average Bonchev–Trinajstić information content (AvgIpc) is 2.11. The van der Waals surface area contributed by atoms with Crippen LogP contribution in [-0.4, -0.2) is 19.5 Å². The van der Waals surface area contributed by atoms with Crippen LogP contribution in [0.5, 0.6) is 0 Å². The lowest BCUT2D eigenvalue weighted by molar-refractivity contribution is -0.100. The number of hydrogen-bond acceptors (Lipinski definition) is 1. The first-order valence-corrected chi connectivity index (χ1v) is 6.98. The van der Waals surface area contributed by atoms with Crippen LogP contribution in [0, 0.1) is 22.7 Å². The summed E-state index contributed by atoms with van der Waals surface area (Å²) in [5.41, 5.74) is 0.879. The zero-order valence-electron chi connectivity index (χ0n) is 10.6. The van der Waals surface area contributed by atoms with E-state index in [0.29, 0.717) is 10.8 Å². The standard InChI is InChI=1S/C14H23F2N/c1-13-3-10-2-11(4-13)6-14(5-10,8-13)9-17-7-12(15)16/h10-12,17H,2-9H2,1H3. The van der Waals surface area contributed by atoms with E-state index in [2.05, 4.69) is 12.2 Å². The molecule has 3 heteroatoms. The van der Waals surface area contributed by atoms with Crippen molar-refractivity contribution in [3.8, 4) is 0 Å². The van der Waals surface area contributed by atoms with Crippen molar-refractivity contribution in [2.75, 3.05) is 13.1 Å². The van der Waals surface area contributed by atoms with Crippen molar-refractivity contribution >= 4 is 0 Å². The van der Waals surface area contributed by atoms with Gasteiger partial charge in [-0.05, 0) is 61.2 Å². The molecule has 0 aliphatic heterocycles. The van der Waals surface area contributed by atoms with Gasteiger partial charge in [0.1, 0.15) is 0 Å². The third-order valence-electron chi connectivity index (χ3n) is 5.27. The molecular formula is C14H23F2N. The molecule has 4 saturated carbocycles. The fourth-order valence-corrected chi connectivity index (χ4v) is 5.58. The van der Waals surface area contributed by atoms with Gasteiger partial charge < -0.3 is 5.32 Å². The lowest BCUT2D eigenvalue weighted by atomic mass is 9.44. The van der Waals surface area contributed by atoms with Crippen molar-refractivity contribution in [3.05, 3.63) is 0 Å². The van der Waals surface area contributed by atoms with Gasteiger partial charge in [0.15, 0.2) is 0 Å². The molecule has 17 heavy (non-hydrogen) atoms. The van der Waals surface area contributed by atoms with Crippen LogP contribution in [-0.2, 0) is 0 Å². The van der Waals surface area contributed by atoms with Crippen molar-refractivity contribution in [3.63, 3.8) is 0 Å². The molecule has 1 nitrogen and oxygen atoms in total. The van der Waals surface area contributed by atoms with Crippen LogP contribution in [0.1, 0.15) is 45.4 Å². The van der Waals surface area contributed by atoms with Gasteiger partial charge in [-0.2, -0.15) is 0 Å². The summed E-state index contributed by atoms with van der Waals surface area (Å²) >= 11 is 0. The van der Waals surface area contributed by atoms with Gasteiger partial charge in [0.25, 0.3) is 6.43 Å². The maximum absolute atomic E-state index is 12.2. The molecule has 2 atom stereocenters. The second-order valence-corrected chi connectivity index (χ2v) is 7.29. The van der Waals surface area contributed by atoms with E-state index in [1.165, 1.54) is 38.5 Å². The molecule has 0 aromatic carbocycles. The Labute approximate surface area is 102 Å². The van der Waals surface area contributed by atoms with Gasteiger partial charge in [-0.15, -0.1) is 0 Å². The number of rotatable bonds is 4. The van der Waals surface area contributed by atoms with E-state index in [1.54, 1.807) is 0 Å². The molecule has 4 bridgehead atoms. The van der Waals surface area contributed by atoms with Gasteiger partial charge in [0.05, 0.1) is 6.54 Å². The Morgan fingerprint density at radius 2 is 1.82 bits per heavy atom. The van der Waals surface area contributed by atoms with Crippen LogP contribution in [0.25, 0.3) is 0 Å². The zero-order valence-corrected chi connectivity index (χ0v) is 10.6. The monoisotopic (exact) mass is 243 g/mol. The molecule has 1 N–H and O–H groups in total. The summed E-state index contributed by atoms with van der Waals surface area (Å²) in [6.45, 7) is 3.11. The lowest BCUT2D eigenvalue weighted by Crippen LogP contribution is -2.54. The maximum atomic E-state index is 12.2. The first-order valence-electron chi connectivity index (χ1n) is 6.98. The minimum atomic E-state index is -2.21. The number of alkyl halides is 2. The molecule has 4 rings (SSSR count). The second-order valence-electron chi connectivity index (χ2n) is 7.29. The summed E-state index contributed by atoms with van der Waals surface area (Å²) in [6.07, 6.45) is 5.82. The Balaban J connectivity index is 1.66. The smallest absolute Gasteiger partial charge is 0.250 e. The average molecular weight is 243 g/mol. The minimum Gasteiger partial charge on any atom is -0.311 e. The Kier molecular flexibility index (Phi) is 2.73. The molecule has 0 heterocycles. The summed E-state index contributed by atoms with van der Waals surface area (Å²) < 4.78 is 24.4. The second kappa shape index (κ2) is 3.91. The molecule has 2 unspecified atom stereocenters. The maximum Gasteiger partial charge on any atom is 0.250 e. The zero-order chi connectivity index (χ0) is 12.1. The quantitative estimate of drug-likeness (QED) is 0.797. The molecule has 0 aromatic heterocycles. The van der Waals surface area contributed by atoms with Crippen molar-refractivity contribution < 1.29 is 8.78 Å². The number of halogens is 2. The highest BCUT2D eigenvalue weighted by molar-refractivity contribution is 5.06. The van der Waals surface area contributed by atoms with Crippen LogP contribution in [0.2, 0.25) is 0 Å². The number of hydrogen-bond donors (Lipinski definition) is 1. The van der Waals surface area contributed by atoms with E-state index in [0.717, 1.165) is 18.4 Å². The van der Waals surface area contributed by atoms with Crippen LogP contribution in [0.15, 0.2) is 0 Å². The minimum absolute atomic E-state index is 0.131. The molecule has 0 aromatic rings. The summed E-state index contributed by atoms with van der Waals surface area (Å²) in [7, 11) is 0. The van der Waals surface area contributed by atoms with E-state index >= 15 is 0 Å². The van der Waals surface area contributed by atoms with E-state index < -0.39 is 6.43 Å². The highest BCUT2D eigenvalue weighted by Gasteiger charge is 2.55. The van der Waals surface area contributed by atoms with Gasteiger partial charge >= 0.3 is 0 Å². The van der Waals surface area contributed by atoms with E-state index in [4.69, 9.17) is 0 Å². The van der Waals surface area contributed by atoms with E-state index in [9.17, 15) is 8.78 Å². The van der Waals surface area contributed by atoms with Crippen molar-refractivity contribution in [2.24, 2.45) is 22.7 Å². The molecule has 0 radical (unpaired) electrons. The Hall–Kier alpha value is -0.180. The normalized spacial score (nSPS) is 48.0. The molecule has 4 aliphatic rings. The van der Waals surface area contributed by atoms with Gasteiger partial charge in [-0.25, -0.2) is 8.78 Å². The third kappa shape index (κ3) is 2.23. The van der Waals surface area contributed by atoms with Crippen LogP contribution in [0.4, 0.5) is 8.78 Å². The van der Waals surface area contributed by atoms with Gasteiger partial charge in [0.2, 0.25) is 0 Å². The van der Waals surface area contributed by atoms with E-state index in [1.807, 2.05) is 0 Å². The van der Waals surface area contributed by atoms with E-state index in [-0.39, 0.29) is 6.54 Å². The summed E-state index contributed by atoms with van der Waals surface area (Å²) in [5, 5.41) is 3.01. The molecular weight excluding hydrogens is 220 g/mol. The van der Waals surface area contributed by atoms with Crippen molar-refractivity contribution in [2.45, 2.75) is 51.9 Å². The predicted octanol–water partition coefficient (Wildman–Crippen LogP) is 3.45. The van der Waals surface area contributed by atoms with Crippen molar-refractivity contribution in [1.82, 2.24) is 5.32 Å². The lowest BCUT2D eigenvalue weighted by Gasteiger charge is -2.61. The van der Waals surface area contributed by atoms with Crippen LogP contribution in [0.3, 0.4) is 0 Å². The highest BCUT2D eigenvalue weighted by Crippen LogP contribution is 2.64. The summed E-state index contributed by atoms with van der Waals surface area (Å²) in [5.74, 6) is 1.77. The topological polar surface area (TPSA) is 12.0 Å². The molecule has 4 aliphatic carbocycles. The van der Waals surface area contributed by atoms with Crippen LogP contribution < -0.4 is 5.32 Å². The summed E-state index contributed by atoms with van der Waals surface area (Å²) in [6, 6.07) is 0. The fourth-order valence-electron chi connectivity index (χ4n) is 5.58. The fraction of sp³-hybridized carbons (Fsp3) is 1.00. The Bertz CT molecular complexity index is 289. The number of nitrogens with one attached hydrogen (secondary N) is 1. The van der Waals surface area contributed by atoms with Gasteiger partial charge in [0, 0.05) is 6.54 Å².